The van der Waals surface area contributed by atoms with Crippen molar-refractivity contribution in [3.05, 3.63) is 45.8 Å². The van der Waals surface area contributed by atoms with E-state index in [-0.39, 0.29) is 12.0 Å². The zero-order valence-electron chi connectivity index (χ0n) is 15.5. The number of halogens is 3. The second kappa shape index (κ2) is 9.83. The smallest absolute Gasteiger partial charge is 0.416 e. The van der Waals surface area contributed by atoms with Gasteiger partial charge in [0.15, 0.2) is 0 Å². The molecule has 162 valence electrons. The lowest BCUT2D eigenvalue weighted by atomic mass is 9.87. The standard InChI is InChI=1S/C17H19F3N6O4/c18-17(19,20)10-3-1-2-9(6-10)15(28)22-8-14(27)23-12-5-4-11(25-26-21)7-13(12)24-16(29)30/h1-3,6,11-13,24H,4-5,7-8H2,(H,22,28)(H,23,27)(H,29,30). The van der Waals surface area contributed by atoms with Gasteiger partial charge in [-0.1, -0.05) is 11.2 Å². The summed E-state index contributed by atoms with van der Waals surface area (Å²) in [5, 5.41) is 19.6. The van der Waals surface area contributed by atoms with E-state index in [1.54, 1.807) is 0 Å². The lowest BCUT2D eigenvalue weighted by Gasteiger charge is -2.34. The number of azide groups is 1. The number of amides is 3. The number of carbonyl (C=O) groups excluding carboxylic acids is 2. The second-order valence-corrected chi connectivity index (χ2v) is 6.66. The molecule has 1 saturated carbocycles. The summed E-state index contributed by atoms with van der Waals surface area (Å²) in [7, 11) is 0. The van der Waals surface area contributed by atoms with E-state index < -0.39 is 54.3 Å². The third kappa shape index (κ3) is 6.55. The monoisotopic (exact) mass is 428 g/mol. The molecule has 1 fully saturated rings. The molecular weight excluding hydrogens is 409 g/mol. The molecule has 2 rings (SSSR count). The number of carboxylic acid groups (broad SMARTS) is 1. The van der Waals surface area contributed by atoms with E-state index in [4.69, 9.17) is 10.6 Å². The van der Waals surface area contributed by atoms with Crippen LogP contribution >= 0.6 is 0 Å². The van der Waals surface area contributed by atoms with Gasteiger partial charge in [-0.15, -0.1) is 0 Å². The number of hydrogen-bond donors (Lipinski definition) is 4. The fourth-order valence-corrected chi connectivity index (χ4v) is 3.17. The van der Waals surface area contributed by atoms with E-state index in [0.717, 1.165) is 12.1 Å². The highest BCUT2D eigenvalue weighted by Gasteiger charge is 2.33. The zero-order valence-corrected chi connectivity index (χ0v) is 15.5. The van der Waals surface area contributed by atoms with Gasteiger partial charge >= 0.3 is 12.3 Å². The molecule has 3 amide bonds. The molecule has 0 aliphatic heterocycles. The SMILES string of the molecule is [N-]=[N+]=NC1CCC(NC(=O)CNC(=O)c2cccc(C(F)(F)F)c2)C(NC(=O)O)C1. The first-order valence-corrected chi connectivity index (χ1v) is 8.88. The molecular formula is C17H19F3N6O4. The third-order valence-corrected chi connectivity index (χ3v) is 4.55. The van der Waals surface area contributed by atoms with Gasteiger partial charge in [0.2, 0.25) is 5.91 Å². The molecule has 0 heterocycles. The maximum atomic E-state index is 12.7. The topological polar surface area (TPSA) is 156 Å². The summed E-state index contributed by atoms with van der Waals surface area (Å²) in [5.74, 6) is -1.50. The Labute approximate surface area is 168 Å². The molecule has 1 aromatic rings. The first-order valence-electron chi connectivity index (χ1n) is 8.88. The zero-order chi connectivity index (χ0) is 22.3. The maximum Gasteiger partial charge on any atom is 0.416 e. The van der Waals surface area contributed by atoms with Crippen LogP contribution in [0.2, 0.25) is 0 Å². The molecule has 1 aliphatic rings. The minimum atomic E-state index is -4.60. The number of rotatable bonds is 6. The Morgan fingerprint density at radius 3 is 2.57 bits per heavy atom. The lowest BCUT2D eigenvalue weighted by Crippen LogP contribution is -2.56. The Hall–Kier alpha value is -3.47. The Morgan fingerprint density at radius 2 is 1.93 bits per heavy atom. The highest BCUT2D eigenvalue weighted by Crippen LogP contribution is 2.29. The molecule has 0 radical (unpaired) electrons. The Bertz CT molecular complexity index is 856. The fraction of sp³-hybridized carbons (Fsp3) is 0.471. The van der Waals surface area contributed by atoms with Crippen LogP contribution in [0.15, 0.2) is 29.4 Å². The van der Waals surface area contributed by atoms with E-state index in [1.807, 2.05) is 0 Å². The van der Waals surface area contributed by atoms with Crippen molar-refractivity contribution in [1.29, 1.82) is 0 Å². The minimum absolute atomic E-state index is 0.192. The summed E-state index contributed by atoms with van der Waals surface area (Å²) in [6.45, 7) is -0.509. The van der Waals surface area contributed by atoms with E-state index >= 15 is 0 Å². The normalized spacial score (nSPS) is 21.1. The second-order valence-electron chi connectivity index (χ2n) is 6.66. The van der Waals surface area contributed by atoms with Crippen molar-refractivity contribution >= 4 is 17.9 Å². The Balaban J connectivity index is 1.93. The summed E-state index contributed by atoms with van der Waals surface area (Å²) in [6, 6.07) is 2.07. The molecule has 0 aromatic heterocycles. The van der Waals surface area contributed by atoms with Crippen molar-refractivity contribution in [2.45, 2.75) is 43.6 Å². The van der Waals surface area contributed by atoms with Crippen LogP contribution in [0.4, 0.5) is 18.0 Å². The molecule has 0 bridgehead atoms. The summed E-state index contributed by atoms with van der Waals surface area (Å²) in [6.07, 6.45) is -4.95. The van der Waals surface area contributed by atoms with Gasteiger partial charge in [-0.3, -0.25) is 9.59 Å². The predicted molar refractivity (Wildman–Crippen MR) is 97.4 cm³/mol. The molecule has 3 atom stereocenters. The molecule has 13 heteroatoms. The van der Waals surface area contributed by atoms with Crippen molar-refractivity contribution in [3.63, 3.8) is 0 Å². The number of carbonyl (C=O) groups is 3. The molecule has 3 unspecified atom stereocenters. The summed E-state index contributed by atoms with van der Waals surface area (Å²) in [5.41, 5.74) is 7.29. The van der Waals surface area contributed by atoms with Crippen LogP contribution in [-0.2, 0) is 11.0 Å². The number of nitrogens with zero attached hydrogens (tertiary/aromatic N) is 3. The molecule has 0 spiro atoms. The van der Waals surface area contributed by atoms with Crippen molar-refractivity contribution in [2.24, 2.45) is 5.11 Å². The van der Waals surface area contributed by atoms with E-state index in [0.29, 0.717) is 18.9 Å². The molecule has 10 nitrogen and oxygen atoms in total. The molecule has 1 aromatic carbocycles. The summed E-state index contributed by atoms with van der Waals surface area (Å²) >= 11 is 0. The number of alkyl halides is 3. The van der Waals surface area contributed by atoms with Crippen LogP contribution in [-0.4, -0.2) is 47.7 Å². The van der Waals surface area contributed by atoms with Gasteiger partial charge in [0.05, 0.1) is 18.2 Å². The average Bonchev–Trinajstić information content (AvgIpc) is 2.67. The quantitative estimate of drug-likeness (QED) is 0.312. The number of nitrogens with one attached hydrogen (secondary N) is 3. The summed E-state index contributed by atoms with van der Waals surface area (Å²) < 4.78 is 38.2. The molecule has 30 heavy (non-hydrogen) atoms. The van der Waals surface area contributed by atoms with Crippen LogP contribution in [0, 0.1) is 0 Å². The van der Waals surface area contributed by atoms with Crippen molar-refractivity contribution in [3.8, 4) is 0 Å². The largest absolute Gasteiger partial charge is 0.465 e. The van der Waals surface area contributed by atoms with Gasteiger partial charge in [-0.2, -0.15) is 13.2 Å². The highest BCUT2D eigenvalue weighted by atomic mass is 19.4. The van der Waals surface area contributed by atoms with Gasteiger partial charge < -0.3 is 21.1 Å². The summed E-state index contributed by atoms with van der Waals surface area (Å²) in [4.78, 5) is 37.9. The van der Waals surface area contributed by atoms with Crippen molar-refractivity contribution < 1.29 is 32.7 Å². The first-order chi connectivity index (χ1) is 14.1. The predicted octanol–water partition coefficient (Wildman–Crippen LogP) is 2.42. The van der Waals surface area contributed by atoms with Crippen LogP contribution in [0.5, 0.6) is 0 Å². The highest BCUT2D eigenvalue weighted by molar-refractivity contribution is 5.96. The minimum Gasteiger partial charge on any atom is -0.465 e. The van der Waals surface area contributed by atoms with Crippen LogP contribution in [0.25, 0.3) is 10.4 Å². The van der Waals surface area contributed by atoms with Crippen LogP contribution < -0.4 is 16.0 Å². The number of benzene rings is 1. The van der Waals surface area contributed by atoms with Gasteiger partial charge in [0.1, 0.15) is 0 Å². The van der Waals surface area contributed by atoms with Gasteiger partial charge in [0, 0.05) is 22.6 Å². The van der Waals surface area contributed by atoms with E-state index in [1.165, 1.54) is 6.07 Å². The van der Waals surface area contributed by atoms with Crippen molar-refractivity contribution in [1.82, 2.24) is 16.0 Å². The van der Waals surface area contributed by atoms with Gasteiger partial charge in [-0.25, -0.2) is 4.79 Å². The molecule has 0 saturated heterocycles. The third-order valence-electron chi connectivity index (χ3n) is 4.55. The van der Waals surface area contributed by atoms with Gasteiger partial charge in [0.25, 0.3) is 5.91 Å². The lowest BCUT2D eigenvalue weighted by molar-refractivity contribution is -0.137. The van der Waals surface area contributed by atoms with Gasteiger partial charge in [-0.05, 0) is 43.0 Å². The first kappa shape index (κ1) is 22.8. The van der Waals surface area contributed by atoms with Crippen LogP contribution in [0.1, 0.15) is 35.2 Å². The van der Waals surface area contributed by atoms with E-state index in [2.05, 4.69) is 26.0 Å². The average molecular weight is 428 g/mol. The van der Waals surface area contributed by atoms with E-state index in [9.17, 15) is 27.6 Å². The Morgan fingerprint density at radius 1 is 1.20 bits per heavy atom. The van der Waals surface area contributed by atoms with Crippen molar-refractivity contribution in [2.75, 3.05) is 6.54 Å². The number of hydrogen-bond acceptors (Lipinski definition) is 4. The van der Waals surface area contributed by atoms with Crippen LogP contribution in [0.3, 0.4) is 0 Å². The maximum absolute atomic E-state index is 12.7. The fourth-order valence-electron chi connectivity index (χ4n) is 3.17. The Kier molecular flexibility index (Phi) is 7.48. The molecule has 4 N–H and O–H groups in total. The molecule has 1 aliphatic carbocycles.